The molecule has 1 atom stereocenters. The molecule has 1 fully saturated rings. The first-order valence-electron chi connectivity index (χ1n) is 6.17. The third kappa shape index (κ3) is 3.87. The average Bonchev–Trinajstić information content (AvgIpc) is 2.72. The molecule has 0 spiro atoms. The van der Waals surface area contributed by atoms with Crippen molar-refractivity contribution >= 4 is 12.5 Å². The smallest absolute Gasteiger partial charge is 0.416 e. The lowest BCUT2D eigenvalue weighted by Gasteiger charge is -2.13. The summed E-state index contributed by atoms with van der Waals surface area (Å²) >= 11 is 0. The van der Waals surface area contributed by atoms with E-state index in [9.17, 15) is 9.59 Å². The number of carbonyl (C=O) groups excluding carboxylic acids is 2. The van der Waals surface area contributed by atoms with Gasteiger partial charge in [-0.2, -0.15) is 0 Å². The summed E-state index contributed by atoms with van der Waals surface area (Å²) in [6.07, 6.45) is 1.87. The molecule has 1 saturated heterocycles. The van der Waals surface area contributed by atoms with Gasteiger partial charge >= 0.3 is 6.09 Å². The quantitative estimate of drug-likeness (QED) is 0.774. The van der Waals surface area contributed by atoms with Gasteiger partial charge in [-0.25, -0.2) is 9.69 Å². The maximum Gasteiger partial charge on any atom is 0.416 e. The average molecular weight is 249 g/mol. The number of hydrogen-bond acceptors (Lipinski definition) is 3. The molecule has 4 heteroatoms. The van der Waals surface area contributed by atoms with Crippen molar-refractivity contribution in [2.75, 3.05) is 6.61 Å². The molecule has 0 N–H and O–H groups in total. The lowest BCUT2D eigenvalue weighted by molar-refractivity contribution is -0.116. The molecule has 1 aromatic carbocycles. The summed E-state index contributed by atoms with van der Waals surface area (Å²) in [5, 5.41) is 0. The molecule has 98 valence electrons. The van der Waals surface area contributed by atoms with E-state index >= 15 is 0 Å². The molecule has 0 radical (unpaired) electrons. The van der Waals surface area contributed by atoms with E-state index in [4.69, 9.17) is 4.74 Å². The molecule has 0 saturated carbocycles. The predicted molar refractivity (Wildman–Crippen MR) is 69.2 cm³/mol. The van der Waals surface area contributed by atoms with E-state index in [1.807, 2.05) is 30.3 Å². The van der Waals surface area contributed by atoms with Gasteiger partial charge in [0.2, 0.25) is 6.41 Å². The molecule has 0 bridgehead atoms. The number of carbonyl (C=O) groups is 2. The van der Waals surface area contributed by atoms with Crippen molar-refractivity contribution in [1.82, 2.24) is 4.90 Å². The first-order chi connectivity index (χ1) is 8.72. The van der Waals surface area contributed by atoms with Crippen LogP contribution in [0, 0.1) is 0 Å². The molecule has 1 aliphatic heterocycles. The Morgan fingerprint density at radius 2 is 1.94 bits per heavy atom. The zero-order chi connectivity index (χ0) is 13.4. The van der Waals surface area contributed by atoms with Crippen LogP contribution in [0.25, 0.3) is 0 Å². The van der Waals surface area contributed by atoms with Gasteiger partial charge in [-0.1, -0.05) is 50.6 Å². The van der Waals surface area contributed by atoms with Gasteiger partial charge in [0.05, 0.1) is 6.04 Å². The highest BCUT2D eigenvalue weighted by atomic mass is 16.6. The number of benzene rings is 1. The van der Waals surface area contributed by atoms with E-state index in [0.29, 0.717) is 12.8 Å². The SMILES string of the molecule is CCC.O=CN1C(=O)OC[C@@H]1Cc1ccccc1. The maximum absolute atomic E-state index is 11.1. The molecule has 2 rings (SSSR count). The Morgan fingerprint density at radius 1 is 1.33 bits per heavy atom. The van der Waals surface area contributed by atoms with Gasteiger partial charge in [0, 0.05) is 0 Å². The summed E-state index contributed by atoms with van der Waals surface area (Å²) in [5.41, 5.74) is 1.09. The summed E-state index contributed by atoms with van der Waals surface area (Å²) in [7, 11) is 0. The lowest BCUT2D eigenvalue weighted by Crippen LogP contribution is -2.33. The van der Waals surface area contributed by atoms with Crippen LogP contribution in [0.5, 0.6) is 0 Å². The van der Waals surface area contributed by atoms with Crippen LogP contribution >= 0.6 is 0 Å². The summed E-state index contributed by atoms with van der Waals surface area (Å²) in [6.45, 7) is 4.53. The molecule has 2 amide bonds. The van der Waals surface area contributed by atoms with Crippen LogP contribution in [-0.4, -0.2) is 30.1 Å². The van der Waals surface area contributed by atoms with E-state index in [2.05, 4.69) is 13.8 Å². The Balaban J connectivity index is 0.000000492. The standard InChI is InChI=1S/C11H11NO3.C3H8/c13-8-12-10(7-15-11(12)14)6-9-4-2-1-3-5-9;1-3-2/h1-5,8,10H,6-7H2;3H2,1-2H3/t10-;/m0./s1. The molecule has 0 aliphatic carbocycles. The number of amides is 2. The minimum Gasteiger partial charge on any atom is -0.447 e. The maximum atomic E-state index is 11.1. The van der Waals surface area contributed by atoms with Crippen LogP contribution in [0.4, 0.5) is 4.79 Å². The Morgan fingerprint density at radius 3 is 2.50 bits per heavy atom. The predicted octanol–water partition coefficient (Wildman–Crippen LogP) is 2.62. The Hall–Kier alpha value is -1.84. The summed E-state index contributed by atoms with van der Waals surface area (Å²) in [6, 6.07) is 9.54. The normalized spacial score (nSPS) is 17.8. The molecule has 18 heavy (non-hydrogen) atoms. The molecule has 0 unspecified atom stereocenters. The second-order valence-corrected chi connectivity index (χ2v) is 4.14. The molecule has 4 nitrogen and oxygen atoms in total. The minimum atomic E-state index is -0.550. The van der Waals surface area contributed by atoms with Crippen molar-refractivity contribution in [3.8, 4) is 0 Å². The second kappa shape index (κ2) is 7.48. The van der Waals surface area contributed by atoms with Crippen molar-refractivity contribution in [1.29, 1.82) is 0 Å². The number of hydrogen-bond donors (Lipinski definition) is 0. The lowest BCUT2D eigenvalue weighted by atomic mass is 10.1. The van der Waals surface area contributed by atoms with Crippen molar-refractivity contribution in [3.63, 3.8) is 0 Å². The molecular formula is C14H19NO3. The fourth-order valence-electron chi connectivity index (χ4n) is 1.64. The fourth-order valence-corrected chi connectivity index (χ4v) is 1.64. The zero-order valence-electron chi connectivity index (χ0n) is 10.8. The van der Waals surface area contributed by atoms with E-state index in [0.717, 1.165) is 10.5 Å². The van der Waals surface area contributed by atoms with Crippen LogP contribution in [0.15, 0.2) is 30.3 Å². The minimum absolute atomic E-state index is 0.169. The third-order valence-corrected chi connectivity index (χ3v) is 2.43. The van der Waals surface area contributed by atoms with Crippen molar-refractivity contribution in [2.45, 2.75) is 32.7 Å². The number of cyclic esters (lactones) is 1. The van der Waals surface area contributed by atoms with Crippen LogP contribution < -0.4 is 0 Å². The zero-order valence-corrected chi connectivity index (χ0v) is 10.8. The summed E-state index contributed by atoms with van der Waals surface area (Å²) < 4.78 is 4.80. The van der Waals surface area contributed by atoms with Crippen LogP contribution in [0.3, 0.4) is 0 Å². The Bertz CT molecular complexity index is 378. The highest BCUT2D eigenvalue weighted by Gasteiger charge is 2.32. The number of rotatable bonds is 3. The van der Waals surface area contributed by atoms with Gasteiger partial charge < -0.3 is 4.74 Å². The first kappa shape index (κ1) is 14.2. The number of imide groups is 1. The fraction of sp³-hybridized carbons (Fsp3) is 0.429. The topological polar surface area (TPSA) is 46.6 Å². The van der Waals surface area contributed by atoms with E-state index < -0.39 is 6.09 Å². The van der Waals surface area contributed by atoms with Gasteiger partial charge in [-0.15, -0.1) is 0 Å². The molecule has 1 aliphatic rings. The van der Waals surface area contributed by atoms with Crippen LogP contribution in [-0.2, 0) is 16.0 Å². The summed E-state index contributed by atoms with van der Waals surface area (Å²) in [5.74, 6) is 0. The summed E-state index contributed by atoms with van der Waals surface area (Å²) in [4.78, 5) is 22.8. The van der Waals surface area contributed by atoms with Crippen molar-refractivity contribution < 1.29 is 14.3 Å². The Kier molecular flexibility index (Phi) is 5.91. The van der Waals surface area contributed by atoms with Crippen molar-refractivity contribution in [2.24, 2.45) is 0 Å². The van der Waals surface area contributed by atoms with E-state index in [1.165, 1.54) is 6.42 Å². The van der Waals surface area contributed by atoms with E-state index in [-0.39, 0.29) is 12.6 Å². The van der Waals surface area contributed by atoms with Crippen LogP contribution in [0.1, 0.15) is 25.8 Å². The second-order valence-electron chi connectivity index (χ2n) is 4.14. The molecule has 0 aromatic heterocycles. The highest BCUT2D eigenvalue weighted by molar-refractivity contribution is 5.82. The van der Waals surface area contributed by atoms with Gasteiger partial charge in [-0.05, 0) is 12.0 Å². The Labute approximate surface area is 108 Å². The van der Waals surface area contributed by atoms with Gasteiger partial charge in [0.1, 0.15) is 6.61 Å². The molecule has 1 heterocycles. The van der Waals surface area contributed by atoms with Gasteiger partial charge in [0.25, 0.3) is 0 Å². The molecule has 1 aromatic rings. The number of ether oxygens (including phenoxy) is 1. The number of nitrogens with zero attached hydrogens (tertiary/aromatic N) is 1. The van der Waals surface area contributed by atoms with Gasteiger partial charge in [-0.3, -0.25) is 4.79 Å². The molecular weight excluding hydrogens is 230 g/mol. The van der Waals surface area contributed by atoms with Crippen LogP contribution in [0.2, 0.25) is 0 Å². The first-order valence-corrected chi connectivity index (χ1v) is 6.17. The third-order valence-electron chi connectivity index (χ3n) is 2.43. The van der Waals surface area contributed by atoms with Crippen molar-refractivity contribution in [3.05, 3.63) is 35.9 Å². The van der Waals surface area contributed by atoms with Gasteiger partial charge in [0.15, 0.2) is 0 Å². The highest BCUT2D eigenvalue weighted by Crippen LogP contribution is 2.14. The van der Waals surface area contributed by atoms with E-state index in [1.54, 1.807) is 0 Å². The monoisotopic (exact) mass is 249 g/mol. The largest absolute Gasteiger partial charge is 0.447 e.